The molecule has 1 aromatic heterocycles. The zero-order chi connectivity index (χ0) is 13.4. The third kappa shape index (κ3) is 3.67. The highest BCUT2D eigenvalue weighted by molar-refractivity contribution is 5.94. The number of aromatic amines is 1. The van der Waals surface area contributed by atoms with Crippen LogP contribution in [0.15, 0.2) is 18.2 Å². The number of hydrogen-bond acceptors (Lipinski definition) is 3. The Kier molecular flexibility index (Phi) is 6.01. The van der Waals surface area contributed by atoms with Gasteiger partial charge in [-0.1, -0.05) is 6.92 Å². The minimum atomic E-state index is 0. The number of anilines is 1. The fourth-order valence-electron chi connectivity index (χ4n) is 2.35. The summed E-state index contributed by atoms with van der Waals surface area (Å²) < 4.78 is 0. The molecule has 5 nitrogen and oxygen atoms in total. The number of nitrogens with one attached hydrogen (secondary N) is 3. The Labute approximate surface area is 136 Å². The number of benzene rings is 1. The first-order valence-corrected chi connectivity index (χ1v) is 6.61. The lowest BCUT2D eigenvalue weighted by atomic mass is 9.88. The van der Waals surface area contributed by atoms with Crippen molar-refractivity contribution >= 4 is 47.4 Å². The number of halogens is 2. The van der Waals surface area contributed by atoms with Gasteiger partial charge in [-0.2, -0.15) is 0 Å². The van der Waals surface area contributed by atoms with E-state index in [2.05, 4.69) is 20.6 Å². The van der Waals surface area contributed by atoms with Gasteiger partial charge in [0, 0.05) is 11.6 Å². The van der Waals surface area contributed by atoms with Crippen molar-refractivity contribution < 1.29 is 4.79 Å². The summed E-state index contributed by atoms with van der Waals surface area (Å²) in [5, 5.41) is 6.17. The summed E-state index contributed by atoms with van der Waals surface area (Å²) in [6.07, 6.45) is 0. The summed E-state index contributed by atoms with van der Waals surface area (Å²) in [4.78, 5) is 19.6. The van der Waals surface area contributed by atoms with Crippen molar-refractivity contribution in [3.63, 3.8) is 0 Å². The molecule has 2 heterocycles. The van der Waals surface area contributed by atoms with E-state index in [-0.39, 0.29) is 36.6 Å². The van der Waals surface area contributed by atoms with Crippen LogP contribution in [-0.2, 0) is 4.79 Å². The van der Waals surface area contributed by atoms with Crippen LogP contribution < -0.4 is 10.6 Å². The number of carbonyl (C=O) groups excluding carboxylic acids is 1. The van der Waals surface area contributed by atoms with Gasteiger partial charge in [0.05, 0.1) is 11.0 Å². The number of nitrogens with zero attached hydrogens (tertiary/aromatic N) is 1. The molecule has 3 N–H and O–H groups in total. The van der Waals surface area contributed by atoms with Gasteiger partial charge in [0.2, 0.25) is 5.91 Å². The number of fused-ring (bicyclic) bond motifs is 1. The molecule has 0 spiro atoms. The lowest BCUT2D eigenvalue weighted by Crippen LogP contribution is -2.48. The van der Waals surface area contributed by atoms with Gasteiger partial charge in [0.1, 0.15) is 5.82 Å². The van der Waals surface area contributed by atoms with Gasteiger partial charge in [0.25, 0.3) is 0 Å². The highest BCUT2D eigenvalue weighted by Crippen LogP contribution is 2.20. The number of rotatable bonds is 3. The van der Waals surface area contributed by atoms with E-state index in [1.165, 1.54) is 0 Å². The Morgan fingerprint density at radius 2 is 2.10 bits per heavy atom. The minimum absolute atomic E-state index is 0. The Balaban J connectivity index is 0.00000110. The van der Waals surface area contributed by atoms with Crippen molar-refractivity contribution in [1.29, 1.82) is 0 Å². The molecule has 3 rings (SSSR count). The molecule has 1 unspecified atom stereocenters. The molecule has 1 amide bonds. The maximum Gasteiger partial charge on any atom is 0.227 e. The largest absolute Gasteiger partial charge is 0.342 e. The zero-order valence-corrected chi connectivity index (χ0v) is 13.6. The molecule has 1 atom stereocenters. The molecule has 2 aromatic rings. The van der Waals surface area contributed by atoms with Crippen LogP contribution in [0, 0.1) is 18.8 Å². The van der Waals surface area contributed by atoms with E-state index in [0.717, 1.165) is 35.6 Å². The van der Waals surface area contributed by atoms with Gasteiger partial charge in [-0.15, -0.1) is 24.8 Å². The lowest BCUT2D eigenvalue weighted by molar-refractivity contribution is -0.121. The van der Waals surface area contributed by atoms with Gasteiger partial charge in [-0.05, 0) is 44.1 Å². The van der Waals surface area contributed by atoms with E-state index in [9.17, 15) is 4.79 Å². The van der Waals surface area contributed by atoms with Crippen LogP contribution >= 0.6 is 24.8 Å². The van der Waals surface area contributed by atoms with E-state index in [1.807, 2.05) is 32.0 Å². The highest BCUT2D eigenvalue weighted by Gasteiger charge is 2.28. The van der Waals surface area contributed by atoms with E-state index in [1.54, 1.807) is 0 Å². The van der Waals surface area contributed by atoms with Crippen molar-refractivity contribution in [1.82, 2.24) is 15.3 Å². The molecule has 7 heteroatoms. The number of aromatic nitrogens is 2. The second-order valence-electron chi connectivity index (χ2n) is 5.25. The molecule has 1 aliphatic heterocycles. The first kappa shape index (κ1) is 17.8. The van der Waals surface area contributed by atoms with Crippen LogP contribution in [0.4, 0.5) is 5.69 Å². The molecule has 0 saturated carbocycles. The number of imidazole rings is 1. The predicted octanol–water partition coefficient (Wildman–Crippen LogP) is 2.51. The maximum atomic E-state index is 12.1. The predicted molar refractivity (Wildman–Crippen MR) is 89.5 cm³/mol. The maximum absolute atomic E-state index is 12.1. The average Bonchev–Trinajstić information content (AvgIpc) is 2.66. The van der Waals surface area contributed by atoms with Crippen molar-refractivity contribution in [2.45, 2.75) is 13.8 Å². The van der Waals surface area contributed by atoms with E-state index >= 15 is 0 Å². The first-order chi connectivity index (χ1) is 9.13. The molecule has 1 fully saturated rings. The first-order valence-electron chi connectivity index (χ1n) is 6.61. The Morgan fingerprint density at radius 3 is 2.71 bits per heavy atom. The number of hydrogen-bond donors (Lipinski definition) is 3. The summed E-state index contributed by atoms with van der Waals surface area (Å²) in [6, 6.07) is 5.75. The summed E-state index contributed by atoms with van der Waals surface area (Å²) in [6.45, 7) is 5.78. The van der Waals surface area contributed by atoms with E-state index < -0.39 is 0 Å². The standard InChI is InChI=1S/C14H18N4O.2ClH/c1-8(10-6-15-7-10)14(19)18-11-3-4-12-13(5-11)17-9(2)16-12;;/h3-5,8,10,15H,6-7H2,1-2H3,(H,16,17)(H,18,19);2*1H. The number of H-pyrrole nitrogens is 1. The van der Waals surface area contributed by atoms with Gasteiger partial charge in [-0.3, -0.25) is 4.79 Å². The Morgan fingerprint density at radius 1 is 1.38 bits per heavy atom. The number of carbonyl (C=O) groups is 1. The van der Waals surface area contributed by atoms with Crippen molar-refractivity contribution in [3.8, 4) is 0 Å². The van der Waals surface area contributed by atoms with Gasteiger partial charge in [0.15, 0.2) is 0 Å². The van der Waals surface area contributed by atoms with Crippen LogP contribution in [0.5, 0.6) is 0 Å². The smallest absolute Gasteiger partial charge is 0.227 e. The van der Waals surface area contributed by atoms with Gasteiger partial charge in [-0.25, -0.2) is 4.98 Å². The molecule has 21 heavy (non-hydrogen) atoms. The van der Waals surface area contributed by atoms with Crippen LogP contribution in [0.25, 0.3) is 11.0 Å². The molecule has 1 aromatic carbocycles. The molecular formula is C14H20Cl2N4O. The van der Waals surface area contributed by atoms with E-state index in [0.29, 0.717) is 5.92 Å². The minimum Gasteiger partial charge on any atom is -0.342 e. The number of aryl methyl sites for hydroxylation is 1. The summed E-state index contributed by atoms with van der Waals surface area (Å²) in [7, 11) is 0. The van der Waals surface area contributed by atoms with Crippen molar-refractivity contribution in [2.75, 3.05) is 18.4 Å². The zero-order valence-electron chi connectivity index (χ0n) is 12.0. The van der Waals surface area contributed by atoms with E-state index in [4.69, 9.17) is 0 Å². The van der Waals surface area contributed by atoms with Gasteiger partial charge < -0.3 is 15.6 Å². The Bertz CT molecular complexity index is 624. The molecule has 1 aliphatic rings. The topological polar surface area (TPSA) is 69.8 Å². The lowest BCUT2D eigenvalue weighted by Gasteiger charge is -2.31. The Hall–Kier alpha value is -1.30. The molecule has 0 aliphatic carbocycles. The second-order valence-corrected chi connectivity index (χ2v) is 5.25. The fourth-order valence-corrected chi connectivity index (χ4v) is 2.35. The van der Waals surface area contributed by atoms with Crippen molar-refractivity contribution in [3.05, 3.63) is 24.0 Å². The monoisotopic (exact) mass is 330 g/mol. The molecule has 1 saturated heterocycles. The average molecular weight is 331 g/mol. The molecular weight excluding hydrogens is 311 g/mol. The summed E-state index contributed by atoms with van der Waals surface area (Å²) >= 11 is 0. The normalized spacial score (nSPS) is 15.5. The van der Waals surface area contributed by atoms with Crippen LogP contribution in [0.3, 0.4) is 0 Å². The summed E-state index contributed by atoms with van der Waals surface area (Å²) in [5.41, 5.74) is 2.69. The fraction of sp³-hybridized carbons (Fsp3) is 0.429. The van der Waals surface area contributed by atoms with Crippen LogP contribution in [0.2, 0.25) is 0 Å². The van der Waals surface area contributed by atoms with Gasteiger partial charge >= 0.3 is 0 Å². The summed E-state index contributed by atoms with van der Waals surface area (Å²) in [5.74, 6) is 1.47. The van der Waals surface area contributed by atoms with Crippen molar-refractivity contribution in [2.24, 2.45) is 11.8 Å². The quantitative estimate of drug-likeness (QED) is 0.809. The third-order valence-corrected chi connectivity index (χ3v) is 3.80. The van der Waals surface area contributed by atoms with Crippen LogP contribution in [-0.4, -0.2) is 29.0 Å². The third-order valence-electron chi connectivity index (χ3n) is 3.80. The molecule has 0 bridgehead atoms. The number of amides is 1. The molecule has 0 radical (unpaired) electrons. The second kappa shape index (κ2) is 7.11. The SMILES string of the molecule is Cc1nc2ccc(NC(=O)C(C)C3CNC3)cc2[nH]1.Cl.Cl. The highest BCUT2D eigenvalue weighted by atomic mass is 35.5. The molecule has 116 valence electrons. The van der Waals surface area contributed by atoms with Crippen LogP contribution in [0.1, 0.15) is 12.7 Å².